The highest BCUT2D eigenvalue weighted by molar-refractivity contribution is 5.94. The van der Waals surface area contributed by atoms with Gasteiger partial charge in [0, 0.05) is 39.3 Å². The lowest BCUT2D eigenvalue weighted by Gasteiger charge is -2.42. The van der Waals surface area contributed by atoms with Crippen molar-refractivity contribution in [2.75, 3.05) is 9.80 Å². The zero-order chi connectivity index (χ0) is 48.0. The van der Waals surface area contributed by atoms with Gasteiger partial charge in [0.25, 0.3) is 0 Å². The van der Waals surface area contributed by atoms with Crippen LogP contribution in [0, 0.1) is 0 Å². The molecule has 1 aliphatic heterocycles. The highest BCUT2D eigenvalue weighted by atomic mass is 16.4. The second-order valence-electron chi connectivity index (χ2n) is 19.3. The molecule has 14 rings (SSSR count). The van der Waals surface area contributed by atoms with Crippen LogP contribution in [0.2, 0.25) is 0 Å². The predicted molar refractivity (Wildman–Crippen MR) is 291 cm³/mol. The molecule has 12 aromatic rings. The molecule has 0 spiro atoms. The summed E-state index contributed by atoms with van der Waals surface area (Å²) >= 11 is 0. The van der Waals surface area contributed by atoms with Gasteiger partial charge in [-0.2, -0.15) is 0 Å². The number of rotatable bonds is 8. The molecule has 2 aromatic heterocycles. The van der Waals surface area contributed by atoms with E-state index in [0.29, 0.717) is 11.8 Å². The van der Waals surface area contributed by atoms with Crippen LogP contribution < -0.4 is 9.80 Å². The maximum absolute atomic E-state index is 6.35. The second-order valence-corrected chi connectivity index (χ2v) is 19.3. The maximum Gasteiger partial charge on any atom is 0.227 e. The minimum atomic E-state index is -0.688. The quantitative estimate of drug-likeness (QED) is 0.151. The molecule has 1 aliphatic carbocycles. The van der Waals surface area contributed by atoms with Gasteiger partial charge in [0.05, 0.1) is 16.8 Å². The van der Waals surface area contributed by atoms with Gasteiger partial charge < -0.3 is 18.6 Å². The summed E-state index contributed by atoms with van der Waals surface area (Å²) in [5.41, 5.74) is 20.3. The Labute approximate surface area is 417 Å². The van der Waals surface area contributed by atoms with Crippen molar-refractivity contribution in [1.29, 1.82) is 0 Å². The third-order valence-corrected chi connectivity index (χ3v) is 15.0. The van der Waals surface area contributed by atoms with Gasteiger partial charge in [0.2, 0.25) is 11.8 Å². The molecule has 0 atom stereocenters. The number of para-hydroxylation sites is 6. The van der Waals surface area contributed by atoms with Crippen LogP contribution in [0.4, 0.5) is 34.1 Å². The van der Waals surface area contributed by atoms with E-state index in [1.165, 1.54) is 44.5 Å². The molecule has 6 nitrogen and oxygen atoms in total. The first-order valence-electron chi connectivity index (χ1n) is 24.6. The molecular weight excluding hydrogens is 881 g/mol. The smallest absolute Gasteiger partial charge is 0.227 e. The number of aromatic nitrogens is 2. The lowest BCUT2D eigenvalue weighted by Crippen LogP contribution is -2.31. The highest BCUT2D eigenvalue weighted by Gasteiger charge is 2.47. The molecule has 6 heteroatoms. The van der Waals surface area contributed by atoms with E-state index in [9.17, 15) is 0 Å². The third-order valence-electron chi connectivity index (χ3n) is 15.0. The summed E-state index contributed by atoms with van der Waals surface area (Å²) in [5.74, 6) is 1.22. The second kappa shape index (κ2) is 16.2. The number of fused-ring (bicyclic) bond motifs is 7. The van der Waals surface area contributed by atoms with Crippen molar-refractivity contribution >= 4 is 56.3 Å². The van der Waals surface area contributed by atoms with Crippen molar-refractivity contribution in [2.45, 2.75) is 24.7 Å². The van der Waals surface area contributed by atoms with Gasteiger partial charge in [-0.3, -0.25) is 0 Å². The van der Waals surface area contributed by atoms with Crippen LogP contribution in [0.3, 0.4) is 0 Å². The Bertz CT molecular complexity index is 3920. The van der Waals surface area contributed by atoms with Crippen LogP contribution in [-0.2, 0) is 10.8 Å². The van der Waals surface area contributed by atoms with Crippen molar-refractivity contribution in [1.82, 2.24) is 9.97 Å². The Morgan fingerprint density at radius 1 is 0.389 bits per heavy atom. The molecule has 0 unspecified atom stereocenters. The van der Waals surface area contributed by atoms with Gasteiger partial charge in [0.1, 0.15) is 11.0 Å². The Morgan fingerprint density at radius 2 is 0.889 bits per heavy atom. The standard InChI is InChI=1S/C66H46N4O2/c1-65(2)53-24-12-15-27-59(53)70(60-39-32-44(40-56(60)65)64-68-58-26-14-17-29-62(58)72-64)50-36-38-52-51-37-35-49(41-54(51)66(55(52)42-50,45-18-6-3-7-19-45)46-20-8-4-9-21-46)69(47-22-10-5-11-23-47)48-33-30-43(31-34-48)63-67-57-25-13-16-28-61(57)71-63/h3-42H,1-2H3. The molecule has 0 radical (unpaired) electrons. The molecule has 0 saturated carbocycles. The number of hydrogen-bond donors (Lipinski definition) is 0. The van der Waals surface area contributed by atoms with Crippen molar-refractivity contribution in [2.24, 2.45) is 0 Å². The third kappa shape index (κ3) is 6.35. The summed E-state index contributed by atoms with van der Waals surface area (Å²) in [6.45, 7) is 4.66. The Kier molecular flexibility index (Phi) is 9.35. The first-order valence-corrected chi connectivity index (χ1v) is 24.6. The maximum atomic E-state index is 6.35. The average molecular weight is 927 g/mol. The molecule has 0 saturated heterocycles. The lowest BCUT2D eigenvalue weighted by molar-refractivity contribution is 0.615. The summed E-state index contributed by atoms with van der Waals surface area (Å²) in [7, 11) is 0. The van der Waals surface area contributed by atoms with Crippen LogP contribution in [0.25, 0.3) is 56.2 Å². The average Bonchev–Trinajstić information content (AvgIpc) is 4.15. The Hall–Kier alpha value is -9.26. The van der Waals surface area contributed by atoms with Gasteiger partial charge in [-0.25, -0.2) is 9.97 Å². The van der Waals surface area contributed by atoms with E-state index in [-0.39, 0.29) is 5.41 Å². The van der Waals surface area contributed by atoms with Gasteiger partial charge in [0.15, 0.2) is 11.2 Å². The molecule has 0 fully saturated rings. The molecule has 2 aliphatic rings. The fraction of sp³-hybridized carbons (Fsp3) is 0.0606. The van der Waals surface area contributed by atoms with Crippen molar-refractivity contribution in [3.05, 3.63) is 276 Å². The molecule has 0 bridgehead atoms. The SMILES string of the molecule is CC1(C)c2ccccc2N(c2ccc3c(c2)C(c2ccccc2)(c2ccccc2)c2cc(N(c4ccccc4)c4ccc(-c5nc6ccccc6o5)cc4)ccc2-3)c2ccc(-c3nc4ccccc4o3)cc21. The van der Waals surface area contributed by atoms with Gasteiger partial charge in [-0.1, -0.05) is 147 Å². The van der Waals surface area contributed by atoms with Crippen molar-refractivity contribution in [3.63, 3.8) is 0 Å². The van der Waals surface area contributed by atoms with E-state index in [1.807, 2.05) is 48.5 Å². The zero-order valence-electron chi connectivity index (χ0n) is 39.7. The summed E-state index contributed by atoms with van der Waals surface area (Å²) in [5, 5.41) is 0. The van der Waals surface area contributed by atoms with Gasteiger partial charge in [-0.05, 0) is 154 Å². The van der Waals surface area contributed by atoms with Crippen molar-refractivity contribution < 1.29 is 8.83 Å². The van der Waals surface area contributed by atoms with Crippen LogP contribution in [0.15, 0.2) is 251 Å². The number of oxazole rings is 2. The Morgan fingerprint density at radius 3 is 1.54 bits per heavy atom. The minimum Gasteiger partial charge on any atom is -0.436 e. The largest absolute Gasteiger partial charge is 0.436 e. The molecule has 3 heterocycles. The summed E-state index contributed by atoms with van der Waals surface area (Å²) < 4.78 is 12.6. The van der Waals surface area contributed by atoms with Crippen molar-refractivity contribution in [3.8, 4) is 34.0 Å². The lowest BCUT2D eigenvalue weighted by atomic mass is 9.67. The van der Waals surface area contributed by atoms with Crippen LogP contribution in [-0.4, -0.2) is 9.97 Å². The summed E-state index contributed by atoms with van der Waals surface area (Å²) in [4.78, 5) is 14.5. The minimum absolute atomic E-state index is 0.319. The number of benzene rings is 10. The molecule has 10 aromatic carbocycles. The molecule has 72 heavy (non-hydrogen) atoms. The van der Waals surface area contributed by atoms with E-state index in [1.54, 1.807) is 0 Å². The first-order chi connectivity index (χ1) is 35.4. The topological polar surface area (TPSA) is 58.5 Å². The number of anilines is 6. The zero-order valence-corrected chi connectivity index (χ0v) is 39.7. The van der Waals surface area contributed by atoms with E-state index in [0.717, 1.165) is 67.5 Å². The number of hydrogen-bond acceptors (Lipinski definition) is 6. The predicted octanol–water partition coefficient (Wildman–Crippen LogP) is 17.2. The van der Waals surface area contributed by atoms with Gasteiger partial charge >= 0.3 is 0 Å². The van der Waals surface area contributed by atoms with E-state index in [4.69, 9.17) is 18.8 Å². The van der Waals surface area contributed by atoms with Crippen LogP contribution >= 0.6 is 0 Å². The normalized spacial score (nSPS) is 13.9. The fourth-order valence-electron chi connectivity index (χ4n) is 11.6. The number of nitrogens with zero attached hydrogens (tertiary/aromatic N) is 4. The van der Waals surface area contributed by atoms with Crippen LogP contribution in [0.5, 0.6) is 0 Å². The van der Waals surface area contributed by atoms with E-state index >= 15 is 0 Å². The molecule has 342 valence electrons. The Balaban J connectivity index is 0.955. The van der Waals surface area contributed by atoms with Gasteiger partial charge in [-0.15, -0.1) is 0 Å². The molecule has 0 N–H and O–H groups in total. The monoisotopic (exact) mass is 926 g/mol. The van der Waals surface area contributed by atoms with E-state index in [2.05, 4.69) is 218 Å². The molecular formula is C66H46N4O2. The van der Waals surface area contributed by atoms with Crippen LogP contribution in [0.1, 0.15) is 47.2 Å². The fourth-order valence-corrected chi connectivity index (χ4v) is 11.6. The summed E-state index contributed by atoms with van der Waals surface area (Å²) in [6.07, 6.45) is 0. The highest BCUT2D eigenvalue weighted by Crippen LogP contribution is 2.60. The molecule has 0 amide bonds. The van der Waals surface area contributed by atoms with E-state index < -0.39 is 5.41 Å². The summed E-state index contributed by atoms with van der Waals surface area (Å²) in [6, 6.07) is 86.9. The first kappa shape index (κ1) is 41.7.